The van der Waals surface area contributed by atoms with Gasteiger partial charge in [0.15, 0.2) is 0 Å². The van der Waals surface area contributed by atoms with Crippen LogP contribution in [0.5, 0.6) is 0 Å². The molecule has 18 heavy (non-hydrogen) atoms. The van der Waals surface area contributed by atoms with Gasteiger partial charge in [0, 0.05) is 18.5 Å². The van der Waals surface area contributed by atoms with Crippen LogP contribution in [0.15, 0.2) is 54.9 Å². The minimum absolute atomic E-state index is 0.685. The van der Waals surface area contributed by atoms with E-state index in [9.17, 15) is 4.79 Å². The van der Waals surface area contributed by atoms with Crippen LogP contribution in [0, 0.1) is 6.92 Å². The Bertz CT molecular complexity index is 571. The van der Waals surface area contributed by atoms with Crippen molar-refractivity contribution in [2.45, 2.75) is 6.92 Å². The van der Waals surface area contributed by atoms with Gasteiger partial charge in [-0.25, -0.2) is 4.79 Å². The topological polar surface area (TPSA) is 50.2 Å². The van der Waals surface area contributed by atoms with Gasteiger partial charge in [-0.3, -0.25) is 4.98 Å². The van der Waals surface area contributed by atoms with Crippen molar-refractivity contribution in [2.75, 3.05) is 0 Å². The quantitative estimate of drug-likeness (QED) is 0.838. The number of carbonyl (C=O) groups is 1. The zero-order chi connectivity index (χ0) is 13.0. The van der Waals surface area contributed by atoms with Crippen LogP contribution in [0.3, 0.4) is 0 Å². The number of rotatable bonds is 3. The molecular weight excluding hydrogens is 226 g/mol. The molecule has 2 rings (SSSR count). The Kier molecular flexibility index (Phi) is 3.53. The third-order valence-electron chi connectivity index (χ3n) is 2.62. The normalized spacial score (nSPS) is 11.3. The van der Waals surface area contributed by atoms with Crippen LogP contribution in [0.4, 0.5) is 0 Å². The first-order chi connectivity index (χ1) is 8.66. The summed E-state index contributed by atoms with van der Waals surface area (Å²) in [5, 5.41) is 8.97. The fraction of sp³-hybridized carbons (Fsp3) is 0.0667. The van der Waals surface area contributed by atoms with Crippen molar-refractivity contribution in [1.29, 1.82) is 0 Å². The largest absolute Gasteiger partial charge is 0.478 e. The van der Waals surface area contributed by atoms with Gasteiger partial charge in [0.2, 0.25) is 0 Å². The van der Waals surface area contributed by atoms with E-state index in [0.717, 1.165) is 16.7 Å². The lowest BCUT2D eigenvalue weighted by molar-refractivity contribution is -0.131. The molecule has 0 spiro atoms. The smallest absolute Gasteiger partial charge is 0.328 e. The molecule has 0 aliphatic heterocycles. The van der Waals surface area contributed by atoms with Crippen molar-refractivity contribution >= 4 is 11.5 Å². The maximum absolute atomic E-state index is 10.9. The molecule has 0 saturated carbocycles. The highest BCUT2D eigenvalue weighted by molar-refractivity contribution is 5.95. The van der Waals surface area contributed by atoms with Crippen LogP contribution in [-0.2, 0) is 4.79 Å². The van der Waals surface area contributed by atoms with Gasteiger partial charge < -0.3 is 5.11 Å². The summed E-state index contributed by atoms with van der Waals surface area (Å²) in [4.78, 5) is 14.9. The van der Waals surface area contributed by atoms with Crippen LogP contribution >= 0.6 is 0 Å². The first-order valence-electron chi connectivity index (χ1n) is 5.59. The molecule has 0 saturated heterocycles. The number of pyridine rings is 1. The number of hydrogen-bond acceptors (Lipinski definition) is 2. The Labute approximate surface area is 105 Å². The van der Waals surface area contributed by atoms with E-state index in [4.69, 9.17) is 5.11 Å². The summed E-state index contributed by atoms with van der Waals surface area (Å²) in [6, 6.07) is 11.4. The van der Waals surface area contributed by atoms with E-state index in [1.165, 1.54) is 6.08 Å². The molecule has 1 aromatic heterocycles. The zero-order valence-corrected chi connectivity index (χ0v) is 10.00. The lowest BCUT2D eigenvalue weighted by Crippen LogP contribution is -1.95. The Morgan fingerprint density at radius 3 is 2.17 bits per heavy atom. The summed E-state index contributed by atoms with van der Waals surface area (Å²) in [5.74, 6) is -0.956. The molecule has 1 N–H and O–H groups in total. The Morgan fingerprint density at radius 2 is 1.61 bits per heavy atom. The average molecular weight is 239 g/mol. The number of carboxylic acids is 1. The van der Waals surface area contributed by atoms with Gasteiger partial charge in [-0.2, -0.15) is 0 Å². The van der Waals surface area contributed by atoms with Crippen LogP contribution in [0.1, 0.15) is 16.7 Å². The highest BCUT2D eigenvalue weighted by atomic mass is 16.4. The van der Waals surface area contributed by atoms with E-state index in [1.807, 2.05) is 31.2 Å². The minimum atomic E-state index is -0.956. The summed E-state index contributed by atoms with van der Waals surface area (Å²) < 4.78 is 0. The van der Waals surface area contributed by atoms with Gasteiger partial charge in [-0.05, 0) is 35.8 Å². The molecule has 0 bridgehead atoms. The second kappa shape index (κ2) is 5.27. The molecule has 0 fully saturated rings. The van der Waals surface area contributed by atoms with E-state index in [0.29, 0.717) is 5.57 Å². The Morgan fingerprint density at radius 1 is 1.06 bits per heavy atom. The first kappa shape index (κ1) is 12.0. The molecule has 1 heterocycles. The molecule has 0 amide bonds. The summed E-state index contributed by atoms with van der Waals surface area (Å²) in [6.45, 7) is 2.00. The molecule has 0 aliphatic carbocycles. The van der Waals surface area contributed by atoms with Crippen LogP contribution in [-0.4, -0.2) is 16.1 Å². The standard InChI is InChI=1S/C15H13NO2/c1-11-2-4-12(5-3-11)14(10-15(17)18)13-6-8-16-9-7-13/h2-10H,1H3,(H,17,18)/b14-10-. The fourth-order valence-corrected chi connectivity index (χ4v) is 1.72. The molecule has 2 aromatic rings. The van der Waals surface area contributed by atoms with Crippen molar-refractivity contribution in [2.24, 2.45) is 0 Å². The second-order valence-electron chi connectivity index (χ2n) is 4.00. The van der Waals surface area contributed by atoms with Crippen LogP contribution < -0.4 is 0 Å². The van der Waals surface area contributed by atoms with E-state index in [2.05, 4.69) is 4.98 Å². The predicted octanol–water partition coefficient (Wildman–Crippen LogP) is 2.91. The second-order valence-corrected chi connectivity index (χ2v) is 4.00. The third-order valence-corrected chi connectivity index (χ3v) is 2.62. The van der Waals surface area contributed by atoms with E-state index in [-0.39, 0.29) is 0 Å². The zero-order valence-electron chi connectivity index (χ0n) is 10.00. The monoisotopic (exact) mass is 239 g/mol. The molecule has 0 aliphatic rings. The highest BCUT2D eigenvalue weighted by Crippen LogP contribution is 2.23. The molecule has 90 valence electrons. The van der Waals surface area contributed by atoms with Gasteiger partial charge in [0.25, 0.3) is 0 Å². The van der Waals surface area contributed by atoms with E-state index >= 15 is 0 Å². The summed E-state index contributed by atoms with van der Waals surface area (Å²) in [6.07, 6.45) is 4.53. The third kappa shape index (κ3) is 2.83. The molecule has 3 heteroatoms. The lowest BCUT2D eigenvalue weighted by Gasteiger charge is -2.07. The number of aromatic nitrogens is 1. The Hall–Kier alpha value is -2.42. The lowest BCUT2D eigenvalue weighted by atomic mass is 9.97. The molecule has 0 radical (unpaired) electrons. The van der Waals surface area contributed by atoms with E-state index in [1.54, 1.807) is 24.5 Å². The maximum Gasteiger partial charge on any atom is 0.328 e. The van der Waals surface area contributed by atoms with E-state index < -0.39 is 5.97 Å². The van der Waals surface area contributed by atoms with Gasteiger partial charge in [0.1, 0.15) is 0 Å². The number of nitrogens with zero attached hydrogens (tertiary/aromatic N) is 1. The van der Waals surface area contributed by atoms with Crippen molar-refractivity contribution < 1.29 is 9.90 Å². The van der Waals surface area contributed by atoms with Crippen molar-refractivity contribution in [3.63, 3.8) is 0 Å². The SMILES string of the molecule is Cc1ccc(/C(=C/C(=O)O)c2ccncc2)cc1. The predicted molar refractivity (Wildman–Crippen MR) is 70.1 cm³/mol. The van der Waals surface area contributed by atoms with Gasteiger partial charge >= 0.3 is 5.97 Å². The van der Waals surface area contributed by atoms with Gasteiger partial charge in [0.05, 0.1) is 0 Å². The molecule has 0 unspecified atom stereocenters. The number of carboxylic acid groups (broad SMARTS) is 1. The fourth-order valence-electron chi connectivity index (χ4n) is 1.72. The number of benzene rings is 1. The molecule has 3 nitrogen and oxygen atoms in total. The maximum atomic E-state index is 10.9. The number of aliphatic carboxylic acids is 1. The molecule has 1 aromatic carbocycles. The first-order valence-corrected chi connectivity index (χ1v) is 5.59. The minimum Gasteiger partial charge on any atom is -0.478 e. The highest BCUT2D eigenvalue weighted by Gasteiger charge is 2.06. The molecule has 0 atom stereocenters. The number of aryl methyl sites for hydroxylation is 1. The van der Waals surface area contributed by atoms with Crippen LogP contribution in [0.25, 0.3) is 5.57 Å². The van der Waals surface area contributed by atoms with Gasteiger partial charge in [-0.15, -0.1) is 0 Å². The summed E-state index contributed by atoms with van der Waals surface area (Å²) in [7, 11) is 0. The van der Waals surface area contributed by atoms with Crippen LogP contribution in [0.2, 0.25) is 0 Å². The summed E-state index contributed by atoms with van der Waals surface area (Å²) >= 11 is 0. The Balaban J connectivity index is 2.51. The van der Waals surface area contributed by atoms with Crippen molar-refractivity contribution in [3.8, 4) is 0 Å². The summed E-state index contributed by atoms with van der Waals surface area (Å²) in [5.41, 5.74) is 3.55. The number of hydrogen-bond donors (Lipinski definition) is 1. The van der Waals surface area contributed by atoms with Crippen molar-refractivity contribution in [3.05, 3.63) is 71.6 Å². The van der Waals surface area contributed by atoms with Gasteiger partial charge in [-0.1, -0.05) is 29.8 Å². The molecular formula is C15H13NO2. The van der Waals surface area contributed by atoms with Crippen molar-refractivity contribution in [1.82, 2.24) is 4.98 Å². The average Bonchev–Trinajstić information content (AvgIpc) is 2.38.